The van der Waals surface area contributed by atoms with Crippen molar-refractivity contribution in [3.05, 3.63) is 45.2 Å². The highest BCUT2D eigenvalue weighted by molar-refractivity contribution is 6.32. The number of alkyl halides is 3. The number of aromatic nitrogens is 2. The quantitative estimate of drug-likeness (QED) is 0.592. The number of fused-ring (bicyclic) bond motifs is 1. The van der Waals surface area contributed by atoms with E-state index in [-0.39, 0.29) is 18.1 Å². The molecule has 4 rings (SSSR count). The molecule has 2 aliphatic rings. The highest BCUT2D eigenvalue weighted by Gasteiger charge is 2.42. The topological polar surface area (TPSA) is 50.6 Å². The molecule has 0 spiro atoms. The smallest absolute Gasteiger partial charge is 0.436 e. The molecule has 1 aromatic carbocycles. The third-order valence-corrected chi connectivity index (χ3v) is 7.30. The Morgan fingerprint density at radius 2 is 1.85 bits per heavy atom. The minimum absolute atomic E-state index is 0.140. The lowest BCUT2D eigenvalue weighted by Crippen LogP contribution is -2.36. The van der Waals surface area contributed by atoms with Crippen molar-refractivity contribution in [3.8, 4) is 5.75 Å². The van der Waals surface area contributed by atoms with E-state index >= 15 is 0 Å². The van der Waals surface area contributed by atoms with Gasteiger partial charge in [0.25, 0.3) is 0 Å². The molecular formula is C22H25Cl2F3N4O2. The van der Waals surface area contributed by atoms with Gasteiger partial charge in [-0.2, -0.15) is 18.3 Å². The largest absolute Gasteiger partial charge is 0.495 e. The van der Waals surface area contributed by atoms with Gasteiger partial charge in [0, 0.05) is 32.7 Å². The van der Waals surface area contributed by atoms with Crippen LogP contribution in [0.15, 0.2) is 18.2 Å². The number of nitrogens with zero attached hydrogens (tertiary/aromatic N) is 4. The molecule has 2 aromatic rings. The van der Waals surface area contributed by atoms with Crippen LogP contribution in [0.5, 0.6) is 5.75 Å². The predicted molar refractivity (Wildman–Crippen MR) is 119 cm³/mol. The lowest BCUT2D eigenvalue weighted by Gasteiger charge is -2.22. The van der Waals surface area contributed by atoms with E-state index in [4.69, 9.17) is 27.9 Å². The van der Waals surface area contributed by atoms with Crippen molar-refractivity contribution in [1.82, 2.24) is 19.6 Å². The second-order valence-corrected chi connectivity index (χ2v) is 9.49. The molecule has 11 heteroatoms. The second kappa shape index (κ2) is 9.35. The fourth-order valence-corrected chi connectivity index (χ4v) is 5.15. The molecular weight excluding hydrogens is 480 g/mol. The molecule has 1 amide bonds. The number of halogens is 5. The Morgan fingerprint density at radius 1 is 1.18 bits per heavy atom. The van der Waals surface area contributed by atoms with Crippen LogP contribution in [0.25, 0.3) is 0 Å². The SMILES string of the molecule is COc1cc(CCN2CC3CN(C(=O)Cn4nc(C(F)(F)F)c(Cl)c4C)CC3C2)ccc1Cl. The van der Waals surface area contributed by atoms with Gasteiger partial charge in [-0.05, 0) is 42.9 Å². The van der Waals surface area contributed by atoms with Crippen LogP contribution in [-0.4, -0.2) is 65.3 Å². The maximum atomic E-state index is 13.0. The van der Waals surface area contributed by atoms with Crippen LogP contribution in [-0.2, 0) is 23.9 Å². The average Bonchev–Trinajstić information content (AvgIpc) is 3.40. The van der Waals surface area contributed by atoms with Crippen LogP contribution < -0.4 is 4.74 Å². The Balaban J connectivity index is 1.29. The third kappa shape index (κ3) is 5.10. The number of methoxy groups -OCH3 is 1. The summed E-state index contributed by atoms with van der Waals surface area (Å²) in [7, 11) is 1.59. The number of benzene rings is 1. The first-order chi connectivity index (χ1) is 15.6. The van der Waals surface area contributed by atoms with Crippen molar-refractivity contribution in [2.45, 2.75) is 26.1 Å². The molecule has 0 bridgehead atoms. The van der Waals surface area contributed by atoms with Gasteiger partial charge >= 0.3 is 6.18 Å². The number of ether oxygens (including phenoxy) is 1. The van der Waals surface area contributed by atoms with Crippen LogP contribution in [0, 0.1) is 18.8 Å². The molecule has 2 atom stereocenters. The summed E-state index contributed by atoms with van der Waals surface area (Å²) in [6, 6.07) is 5.79. The van der Waals surface area contributed by atoms with E-state index in [0.29, 0.717) is 35.7 Å². The molecule has 0 aliphatic carbocycles. The van der Waals surface area contributed by atoms with Gasteiger partial charge in [-0.3, -0.25) is 9.48 Å². The van der Waals surface area contributed by atoms with Gasteiger partial charge in [0.15, 0.2) is 5.69 Å². The van der Waals surface area contributed by atoms with Crippen LogP contribution in [0.1, 0.15) is 17.0 Å². The fraction of sp³-hybridized carbons (Fsp3) is 0.545. The minimum atomic E-state index is -4.65. The first kappa shape index (κ1) is 24.2. The number of amides is 1. The monoisotopic (exact) mass is 504 g/mol. The molecule has 0 N–H and O–H groups in total. The maximum absolute atomic E-state index is 13.0. The van der Waals surface area contributed by atoms with Gasteiger partial charge in [-0.15, -0.1) is 0 Å². The van der Waals surface area contributed by atoms with Gasteiger partial charge in [0.1, 0.15) is 12.3 Å². The summed E-state index contributed by atoms with van der Waals surface area (Å²) >= 11 is 11.9. The molecule has 6 nitrogen and oxygen atoms in total. The maximum Gasteiger partial charge on any atom is 0.436 e. The van der Waals surface area contributed by atoms with E-state index in [1.165, 1.54) is 6.92 Å². The average molecular weight is 505 g/mol. The standard InChI is InChI=1S/C22H25Cl2F3N4O2/c1-13-20(24)21(22(25,26)27)28-31(13)12-19(32)30-10-15-8-29(9-16(15)11-30)6-5-14-3-4-17(23)18(7-14)33-2/h3-4,7,15-16H,5-6,8-12H2,1-2H3. The first-order valence-corrected chi connectivity index (χ1v) is 11.4. The molecule has 2 unspecified atom stereocenters. The summed E-state index contributed by atoms with van der Waals surface area (Å²) in [5.74, 6) is 1.15. The van der Waals surface area contributed by atoms with Crippen molar-refractivity contribution in [2.24, 2.45) is 11.8 Å². The number of hydrogen-bond acceptors (Lipinski definition) is 4. The van der Waals surface area contributed by atoms with Gasteiger partial charge in [-0.25, -0.2) is 0 Å². The van der Waals surface area contributed by atoms with E-state index < -0.39 is 16.9 Å². The van der Waals surface area contributed by atoms with Gasteiger partial charge < -0.3 is 14.5 Å². The van der Waals surface area contributed by atoms with E-state index in [0.717, 1.165) is 36.3 Å². The molecule has 33 heavy (non-hydrogen) atoms. The van der Waals surface area contributed by atoms with Gasteiger partial charge in [-0.1, -0.05) is 29.3 Å². The van der Waals surface area contributed by atoms with Gasteiger partial charge in [0.2, 0.25) is 5.91 Å². The number of rotatable bonds is 6. The van der Waals surface area contributed by atoms with Crippen molar-refractivity contribution < 1.29 is 22.7 Å². The summed E-state index contributed by atoms with van der Waals surface area (Å²) < 4.78 is 45.4. The summed E-state index contributed by atoms with van der Waals surface area (Å²) in [4.78, 5) is 16.9. The van der Waals surface area contributed by atoms with Crippen LogP contribution in [0.2, 0.25) is 10.0 Å². The second-order valence-electron chi connectivity index (χ2n) is 8.70. The fourth-order valence-electron chi connectivity index (χ4n) is 4.71. The molecule has 1 aromatic heterocycles. The summed E-state index contributed by atoms with van der Waals surface area (Å²) in [6.07, 6.45) is -3.78. The van der Waals surface area contributed by atoms with Crippen molar-refractivity contribution in [1.29, 1.82) is 0 Å². The Labute approximate surface area is 200 Å². The molecule has 180 valence electrons. The van der Waals surface area contributed by atoms with Crippen LogP contribution in [0.3, 0.4) is 0 Å². The number of carbonyl (C=O) groups excluding carboxylic acids is 1. The zero-order chi connectivity index (χ0) is 23.9. The molecule has 2 aliphatic heterocycles. The predicted octanol–water partition coefficient (Wildman–Crippen LogP) is 4.16. The van der Waals surface area contributed by atoms with E-state index in [1.54, 1.807) is 12.0 Å². The van der Waals surface area contributed by atoms with Crippen LogP contribution in [0.4, 0.5) is 13.2 Å². The minimum Gasteiger partial charge on any atom is -0.495 e. The Bertz CT molecular complexity index is 1030. The van der Waals surface area contributed by atoms with E-state index in [9.17, 15) is 18.0 Å². The Morgan fingerprint density at radius 3 is 2.42 bits per heavy atom. The van der Waals surface area contributed by atoms with Crippen molar-refractivity contribution >= 4 is 29.1 Å². The normalized spacial score (nSPS) is 21.0. The van der Waals surface area contributed by atoms with Gasteiger partial charge in [0.05, 0.1) is 22.8 Å². The summed E-state index contributed by atoms with van der Waals surface area (Å²) in [6.45, 7) is 5.09. The summed E-state index contributed by atoms with van der Waals surface area (Å²) in [5, 5.41) is 3.66. The molecule has 2 fully saturated rings. The Hall–Kier alpha value is -1.97. The highest BCUT2D eigenvalue weighted by atomic mass is 35.5. The highest BCUT2D eigenvalue weighted by Crippen LogP contribution is 2.36. The lowest BCUT2D eigenvalue weighted by atomic mass is 10.0. The molecule has 2 saturated heterocycles. The lowest BCUT2D eigenvalue weighted by molar-refractivity contribution is -0.142. The van der Waals surface area contributed by atoms with E-state index in [1.807, 2.05) is 18.2 Å². The Kier molecular flexibility index (Phi) is 6.85. The van der Waals surface area contributed by atoms with E-state index in [2.05, 4.69) is 10.00 Å². The number of carbonyl (C=O) groups is 1. The zero-order valence-corrected chi connectivity index (χ0v) is 19.8. The molecule has 0 saturated carbocycles. The molecule has 0 radical (unpaired) electrons. The van der Waals surface area contributed by atoms with Crippen molar-refractivity contribution in [3.63, 3.8) is 0 Å². The van der Waals surface area contributed by atoms with Crippen molar-refractivity contribution in [2.75, 3.05) is 39.8 Å². The first-order valence-electron chi connectivity index (χ1n) is 10.7. The number of likely N-dealkylation sites (tertiary alicyclic amines) is 2. The summed E-state index contributed by atoms with van der Waals surface area (Å²) in [5.41, 5.74) is 0.139. The number of hydrogen-bond donors (Lipinski definition) is 0. The van der Waals surface area contributed by atoms with Crippen LogP contribution >= 0.6 is 23.2 Å². The zero-order valence-electron chi connectivity index (χ0n) is 18.3. The molecule has 3 heterocycles. The third-order valence-electron chi connectivity index (χ3n) is 6.53.